The number of hydrogen-bond acceptors (Lipinski definition) is 2. The fourth-order valence-electron chi connectivity index (χ4n) is 1.89. The SMILES string of the molecule is CN(CCNCC1CC1)Cc1ccccc1Cl. The Morgan fingerprint density at radius 3 is 2.82 bits per heavy atom. The molecule has 0 spiro atoms. The highest BCUT2D eigenvalue weighted by molar-refractivity contribution is 6.31. The Hall–Kier alpha value is -0.570. The van der Waals surface area contributed by atoms with E-state index in [-0.39, 0.29) is 0 Å². The van der Waals surface area contributed by atoms with Crippen molar-refractivity contribution in [3.63, 3.8) is 0 Å². The Balaban J connectivity index is 1.65. The lowest BCUT2D eigenvalue weighted by Crippen LogP contribution is -2.30. The summed E-state index contributed by atoms with van der Waals surface area (Å²) in [4.78, 5) is 2.31. The van der Waals surface area contributed by atoms with E-state index in [2.05, 4.69) is 23.3 Å². The van der Waals surface area contributed by atoms with Gasteiger partial charge in [0.05, 0.1) is 0 Å². The third-order valence-corrected chi connectivity index (χ3v) is 3.57. The van der Waals surface area contributed by atoms with Crippen LogP contribution in [-0.4, -0.2) is 31.6 Å². The van der Waals surface area contributed by atoms with Crippen molar-refractivity contribution in [2.24, 2.45) is 5.92 Å². The van der Waals surface area contributed by atoms with Crippen LogP contribution in [0.4, 0.5) is 0 Å². The minimum atomic E-state index is 0.866. The molecule has 1 N–H and O–H groups in total. The first-order chi connectivity index (χ1) is 8.25. The summed E-state index contributed by atoms with van der Waals surface area (Å²) >= 11 is 6.14. The molecule has 2 rings (SSSR count). The van der Waals surface area contributed by atoms with Gasteiger partial charge >= 0.3 is 0 Å². The standard InChI is InChI=1S/C14H21ClN2/c1-17(9-8-16-10-12-6-7-12)11-13-4-2-3-5-14(13)15/h2-5,12,16H,6-11H2,1H3. The fraction of sp³-hybridized carbons (Fsp3) is 0.571. The van der Waals surface area contributed by atoms with E-state index in [9.17, 15) is 0 Å². The quantitative estimate of drug-likeness (QED) is 0.751. The summed E-state index contributed by atoms with van der Waals surface area (Å²) in [6.07, 6.45) is 2.84. The minimum Gasteiger partial charge on any atom is -0.315 e. The molecule has 0 aromatic heterocycles. The molecule has 0 unspecified atom stereocenters. The molecule has 2 nitrogen and oxygen atoms in total. The van der Waals surface area contributed by atoms with Gasteiger partial charge in [-0.1, -0.05) is 29.8 Å². The molecule has 1 aromatic carbocycles. The number of likely N-dealkylation sites (N-methyl/N-ethyl adjacent to an activating group) is 1. The first kappa shape index (κ1) is 12.9. The van der Waals surface area contributed by atoms with Crippen molar-refractivity contribution >= 4 is 11.6 Å². The highest BCUT2D eigenvalue weighted by Crippen LogP contribution is 2.27. The number of hydrogen-bond donors (Lipinski definition) is 1. The third-order valence-electron chi connectivity index (χ3n) is 3.20. The zero-order valence-electron chi connectivity index (χ0n) is 10.5. The Labute approximate surface area is 109 Å². The van der Waals surface area contributed by atoms with Crippen LogP contribution in [0.1, 0.15) is 18.4 Å². The summed E-state index contributed by atoms with van der Waals surface area (Å²) in [6, 6.07) is 8.07. The van der Waals surface area contributed by atoms with Crippen molar-refractivity contribution in [3.05, 3.63) is 34.9 Å². The maximum Gasteiger partial charge on any atom is 0.0451 e. The van der Waals surface area contributed by atoms with Crippen molar-refractivity contribution in [1.29, 1.82) is 0 Å². The van der Waals surface area contributed by atoms with Gasteiger partial charge in [0.1, 0.15) is 0 Å². The summed E-state index contributed by atoms with van der Waals surface area (Å²) in [5, 5.41) is 4.37. The monoisotopic (exact) mass is 252 g/mol. The maximum absolute atomic E-state index is 6.14. The van der Waals surface area contributed by atoms with Gasteiger partial charge in [0.15, 0.2) is 0 Å². The van der Waals surface area contributed by atoms with E-state index < -0.39 is 0 Å². The van der Waals surface area contributed by atoms with E-state index in [0.717, 1.165) is 30.6 Å². The zero-order chi connectivity index (χ0) is 12.1. The summed E-state index contributed by atoms with van der Waals surface area (Å²) in [7, 11) is 2.14. The predicted molar refractivity (Wildman–Crippen MR) is 73.4 cm³/mol. The fourth-order valence-corrected chi connectivity index (χ4v) is 2.09. The minimum absolute atomic E-state index is 0.866. The number of halogens is 1. The Morgan fingerprint density at radius 1 is 1.35 bits per heavy atom. The molecule has 0 bridgehead atoms. The van der Waals surface area contributed by atoms with Crippen LogP contribution in [0.3, 0.4) is 0 Å². The van der Waals surface area contributed by atoms with Crippen LogP contribution in [-0.2, 0) is 6.54 Å². The Morgan fingerprint density at radius 2 is 2.12 bits per heavy atom. The molecule has 0 aliphatic heterocycles. The average molecular weight is 253 g/mol. The summed E-state index contributed by atoms with van der Waals surface area (Å²) in [5.41, 5.74) is 1.21. The molecule has 1 aromatic rings. The van der Waals surface area contributed by atoms with Crippen LogP contribution in [0.25, 0.3) is 0 Å². The Bertz CT molecular complexity index is 350. The normalized spacial score (nSPS) is 15.5. The van der Waals surface area contributed by atoms with Crippen LogP contribution in [0.2, 0.25) is 5.02 Å². The average Bonchev–Trinajstić information content (AvgIpc) is 3.12. The highest BCUT2D eigenvalue weighted by atomic mass is 35.5. The molecule has 0 amide bonds. The van der Waals surface area contributed by atoms with Crippen molar-refractivity contribution in [1.82, 2.24) is 10.2 Å². The van der Waals surface area contributed by atoms with Gasteiger partial charge in [-0.3, -0.25) is 0 Å². The molecule has 0 atom stereocenters. The number of rotatable bonds is 7. The maximum atomic E-state index is 6.14. The van der Waals surface area contributed by atoms with Crippen molar-refractivity contribution in [3.8, 4) is 0 Å². The molecule has 1 aliphatic rings. The van der Waals surface area contributed by atoms with E-state index >= 15 is 0 Å². The molecule has 1 saturated carbocycles. The van der Waals surface area contributed by atoms with E-state index in [1.165, 1.54) is 24.9 Å². The van der Waals surface area contributed by atoms with Gasteiger partial charge in [0.25, 0.3) is 0 Å². The summed E-state index contributed by atoms with van der Waals surface area (Å²) in [5.74, 6) is 0.962. The highest BCUT2D eigenvalue weighted by Gasteiger charge is 2.19. The van der Waals surface area contributed by atoms with Crippen molar-refractivity contribution < 1.29 is 0 Å². The molecule has 0 radical (unpaired) electrons. The first-order valence-corrected chi connectivity index (χ1v) is 6.76. The molecule has 0 heterocycles. The third kappa shape index (κ3) is 4.66. The van der Waals surface area contributed by atoms with E-state index in [1.807, 2.05) is 18.2 Å². The van der Waals surface area contributed by atoms with E-state index in [4.69, 9.17) is 11.6 Å². The van der Waals surface area contributed by atoms with Crippen LogP contribution in [0.5, 0.6) is 0 Å². The second-order valence-electron chi connectivity index (χ2n) is 4.98. The van der Waals surface area contributed by atoms with Gasteiger partial charge in [0, 0.05) is 24.7 Å². The predicted octanol–water partition coefficient (Wildman–Crippen LogP) is 2.77. The van der Waals surface area contributed by atoms with Gasteiger partial charge in [-0.05, 0) is 44.0 Å². The van der Waals surface area contributed by atoms with Crippen LogP contribution < -0.4 is 5.32 Å². The number of nitrogens with zero attached hydrogens (tertiary/aromatic N) is 1. The summed E-state index contributed by atoms with van der Waals surface area (Å²) in [6.45, 7) is 4.25. The lowest BCUT2D eigenvalue weighted by atomic mass is 10.2. The van der Waals surface area contributed by atoms with Crippen molar-refractivity contribution in [2.75, 3.05) is 26.7 Å². The number of benzene rings is 1. The van der Waals surface area contributed by atoms with Gasteiger partial charge in [0.2, 0.25) is 0 Å². The molecule has 0 saturated heterocycles. The van der Waals surface area contributed by atoms with Crippen LogP contribution >= 0.6 is 11.6 Å². The topological polar surface area (TPSA) is 15.3 Å². The zero-order valence-corrected chi connectivity index (χ0v) is 11.2. The Kier molecular flexibility index (Phi) is 4.84. The first-order valence-electron chi connectivity index (χ1n) is 6.38. The lowest BCUT2D eigenvalue weighted by Gasteiger charge is -2.17. The molecule has 17 heavy (non-hydrogen) atoms. The van der Waals surface area contributed by atoms with E-state index in [0.29, 0.717) is 0 Å². The van der Waals surface area contributed by atoms with Gasteiger partial charge < -0.3 is 10.2 Å². The van der Waals surface area contributed by atoms with Crippen LogP contribution in [0, 0.1) is 5.92 Å². The molecule has 3 heteroatoms. The van der Waals surface area contributed by atoms with Crippen molar-refractivity contribution in [2.45, 2.75) is 19.4 Å². The van der Waals surface area contributed by atoms with Gasteiger partial charge in [-0.15, -0.1) is 0 Å². The molecule has 1 aliphatic carbocycles. The van der Waals surface area contributed by atoms with Gasteiger partial charge in [-0.2, -0.15) is 0 Å². The largest absolute Gasteiger partial charge is 0.315 e. The van der Waals surface area contributed by atoms with E-state index in [1.54, 1.807) is 0 Å². The molecule has 1 fully saturated rings. The second kappa shape index (κ2) is 6.39. The van der Waals surface area contributed by atoms with Crippen LogP contribution in [0.15, 0.2) is 24.3 Å². The molecular formula is C14H21ClN2. The smallest absolute Gasteiger partial charge is 0.0451 e. The summed E-state index contributed by atoms with van der Waals surface area (Å²) < 4.78 is 0. The number of nitrogens with one attached hydrogen (secondary N) is 1. The molecule has 94 valence electrons. The van der Waals surface area contributed by atoms with Gasteiger partial charge in [-0.25, -0.2) is 0 Å². The molecular weight excluding hydrogens is 232 g/mol. The second-order valence-corrected chi connectivity index (χ2v) is 5.38. The lowest BCUT2D eigenvalue weighted by molar-refractivity contribution is 0.324.